The second kappa shape index (κ2) is 8.05. The standard InChI is InChI=1S/C15H21N3O2S/c1-11(2)16-8-15(19)18-17-7-12-3-5-13(6-4-12)20-14-9-21-10-14/h3-7,11,14,16H,8-10H2,1-2H3,(H,18,19). The molecule has 6 heteroatoms. The summed E-state index contributed by atoms with van der Waals surface area (Å²) in [6.07, 6.45) is 1.97. The summed E-state index contributed by atoms with van der Waals surface area (Å²) in [4.78, 5) is 11.4. The van der Waals surface area contributed by atoms with Gasteiger partial charge in [-0.05, 0) is 29.8 Å². The third kappa shape index (κ3) is 5.77. The van der Waals surface area contributed by atoms with Crippen molar-refractivity contribution in [3.05, 3.63) is 29.8 Å². The molecule has 0 radical (unpaired) electrons. The Morgan fingerprint density at radius 2 is 2.14 bits per heavy atom. The fraction of sp³-hybridized carbons (Fsp3) is 0.467. The third-order valence-corrected chi connectivity index (χ3v) is 4.08. The molecule has 1 fully saturated rings. The Hall–Kier alpha value is -1.53. The van der Waals surface area contributed by atoms with Crippen molar-refractivity contribution in [1.82, 2.24) is 10.7 Å². The summed E-state index contributed by atoms with van der Waals surface area (Å²) < 4.78 is 5.76. The van der Waals surface area contributed by atoms with Crippen LogP contribution in [0.4, 0.5) is 0 Å². The predicted molar refractivity (Wildman–Crippen MR) is 87.1 cm³/mol. The second-order valence-electron chi connectivity index (χ2n) is 5.18. The van der Waals surface area contributed by atoms with Crippen molar-refractivity contribution in [2.24, 2.45) is 5.10 Å². The summed E-state index contributed by atoms with van der Waals surface area (Å²) in [6, 6.07) is 7.96. The highest BCUT2D eigenvalue weighted by Gasteiger charge is 2.19. The molecule has 0 atom stereocenters. The van der Waals surface area contributed by atoms with Gasteiger partial charge in [-0.15, -0.1) is 0 Å². The number of thioether (sulfide) groups is 1. The maximum absolute atomic E-state index is 11.4. The molecule has 0 spiro atoms. The highest BCUT2D eigenvalue weighted by atomic mass is 32.2. The summed E-state index contributed by atoms with van der Waals surface area (Å²) in [5.41, 5.74) is 3.40. The number of hydrazone groups is 1. The van der Waals surface area contributed by atoms with Crippen molar-refractivity contribution in [2.45, 2.75) is 26.0 Å². The zero-order chi connectivity index (χ0) is 15.1. The van der Waals surface area contributed by atoms with Gasteiger partial charge < -0.3 is 10.1 Å². The lowest BCUT2D eigenvalue weighted by molar-refractivity contribution is -0.120. The van der Waals surface area contributed by atoms with Crippen molar-refractivity contribution < 1.29 is 9.53 Å². The Bertz CT molecular complexity index is 484. The van der Waals surface area contributed by atoms with Gasteiger partial charge in [-0.25, -0.2) is 5.43 Å². The van der Waals surface area contributed by atoms with Crippen LogP contribution in [0, 0.1) is 0 Å². The van der Waals surface area contributed by atoms with Crippen LogP contribution in [-0.4, -0.2) is 42.3 Å². The molecule has 1 aromatic carbocycles. The van der Waals surface area contributed by atoms with Crippen molar-refractivity contribution in [3.63, 3.8) is 0 Å². The number of ether oxygens (including phenoxy) is 1. The Balaban J connectivity index is 1.74. The van der Waals surface area contributed by atoms with E-state index in [-0.39, 0.29) is 18.5 Å². The van der Waals surface area contributed by atoms with E-state index in [9.17, 15) is 4.79 Å². The van der Waals surface area contributed by atoms with Crippen molar-refractivity contribution in [1.29, 1.82) is 0 Å². The predicted octanol–water partition coefficient (Wildman–Crippen LogP) is 1.63. The summed E-state index contributed by atoms with van der Waals surface area (Å²) >= 11 is 1.90. The van der Waals surface area contributed by atoms with Gasteiger partial charge in [-0.3, -0.25) is 4.79 Å². The van der Waals surface area contributed by atoms with Gasteiger partial charge in [0.1, 0.15) is 11.9 Å². The van der Waals surface area contributed by atoms with Gasteiger partial charge in [-0.1, -0.05) is 13.8 Å². The summed E-state index contributed by atoms with van der Waals surface area (Å²) in [5, 5.41) is 6.96. The first-order valence-corrected chi connectivity index (χ1v) is 8.18. The van der Waals surface area contributed by atoms with Crippen LogP contribution in [0.25, 0.3) is 0 Å². The van der Waals surface area contributed by atoms with Gasteiger partial charge >= 0.3 is 0 Å². The van der Waals surface area contributed by atoms with E-state index in [1.165, 1.54) is 0 Å². The molecular weight excluding hydrogens is 286 g/mol. The van der Waals surface area contributed by atoms with Crippen LogP contribution >= 0.6 is 11.8 Å². The number of rotatable bonds is 7. The lowest BCUT2D eigenvalue weighted by Crippen LogP contribution is -2.34. The molecule has 2 N–H and O–H groups in total. The summed E-state index contributed by atoms with van der Waals surface area (Å²) in [7, 11) is 0. The van der Waals surface area contributed by atoms with E-state index >= 15 is 0 Å². The Labute approximate surface area is 129 Å². The number of nitrogens with one attached hydrogen (secondary N) is 2. The largest absolute Gasteiger partial charge is 0.489 e. The van der Waals surface area contributed by atoms with E-state index in [1.807, 2.05) is 49.9 Å². The SMILES string of the molecule is CC(C)NCC(=O)NN=Cc1ccc(OC2CSC2)cc1. The minimum atomic E-state index is -0.151. The molecule has 0 bridgehead atoms. The molecule has 1 aliphatic heterocycles. The van der Waals surface area contributed by atoms with Gasteiger partial charge in [0, 0.05) is 17.5 Å². The fourth-order valence-corrected chi connectivity index (χ4v) is 2.19. The quantitative estimate of drug-likeness (QED) is 0.594. The van der Waals surface area contributed by atoms with Gasteiger partial charge in [0.25, 0.3) is 5.91 Å². The Morgan fingerprint density at radius 1 is 1.43 bits per heavy atom. The smallest absolute Gasteiger partial charge is 0.254 e. The molecule has 114 valence electrons. The number of hydrogen-bond donors (Lipinski definition) is 2. The van der Waals surface area contributed by atoms with Crippen LogP contribution in [0.1, 0.15) is 19.4 Å². The maximum atomic E-state index is 11.4. The number of carbonyl (C=O) groups excluding carboxylic acids is 1. The van der Waals surface area contributed by atoms with Crippen LogP contribution < -0.4 is 15.5 Å². The maximum Gasteiger partial charge on any atom is 0.254 e. The fourth-order valence-electron chi connectivity index (χ4n) is 1.62. The topological polar surface area (TPSA) is 62.7 Å². The Kier molecular flexibility index (Phi) is 6.07. The normalized spacial score (nSPS) is 15.2. The lowest BCUT2D eigenvalue weighted by atomic mass is 10.2. The molecule has 1 saturated heterocycles. The summed E-state index contributed by atoms with van der Waals surface area (Å²) in [6.45, 7) is 4.24. The van der Waals surface area contributed by atoms with Crippen LogP contribution in [0.3, 0.4) is 0 Å². The van der Waals surface area contributed by atoms with Gasteiger partial charge in [0.2, 0.25) is 0 Å². The molecule has 5 nitrogen and oxygen atoms in total. The first-order chi connectivity index (χ1) is 10.1. The van der Waals surface area contributed by atoms with E-state index in [0.717, 1.165) is 22.8 Å². The van der Waals surface area contributed by atoms with E-state index in [4.69, 9.17) is 4.74 Å². The van der Waals surface area contributed by atoms with Gasteiger partial charge in [-0.2, -0.15) is 16.9 Å². The summed E-state index contributed by atoms with van der Waals surface area (Å²) in [5.74, 6) is 2.87. The highest BCUT2D eigenvalue weighted by molar-refractivity contribution is 8.00. The van der Waals surface area contributed by atoms with Crippen molar-refractivity contribution in [2.75, 3.05) is 18.1 Å². The monoisotopic (exact) mass is 307 g/mol. The van der Waals surface area contributed by atoms with E-state index in [1.54, 1.807) is 6.21 Å². The number of hydrogen-bond acceptors (Lipinski definition) is 5. The second-order valence-corrected chi connectivity index (χ2v) is 6.25. The zero-order valence-corrected chi connectivity index (χ0v) is 13.2. The molecule has 0 aromatic heterocycles. The van der Waals surface area contributed by atoms with Crippen molar-refractivity contribution in [3.8, 4) is 5.75 Å². The molecule has 0 saturated carbocycles. The molecule has 2 rings (SSSR count). The first kappa shape index (κ1) is 15.9. The van der Waals surface area contributed by atoms with Crippen LogP contribution in [0.2, 0.25) is 0 Å². The minimum Gasteiger partial charge on any atom is -0.489 e. The Morgan fingerprint density at radius 3 is 2.71 bits per heavy atom. The molecule has 0 unspecified atom stereocenters. The highest BCUT2D eigenvalue weighted by Crippen LogP contribution is 2.23. The number of nitrogens with zero attached hydrogens (tertiary/aromatic N) is 1. The molecular formula is C15H21N3O2S. The average Bonchev–Trinajstić information content (AvgIpc) is 2.42. The average molecular weight is 307 g/mol. The van der Waals surface area contributed by atoms with Crippen molar-refractivity contribution >= 4 is 23.9 Å². The van der Waals surface area contributed by atoms with Gasteiger partial charge in [0.15, 0.2) is 0 Å². The number of benzene rings is 1. The van der Waals surface area contributed by atoms with E-state index in [2.05, 4.69) is 15.8 Å². The number of amides is 1. The van der Waals surface area contributed by atoms with Crippen LogP contribution in [0.15, 0.2) is 29.4 Å². The third-order valence-electron chi connectivity index (χ3n) is 2.86. The van der Waals surface area contributed by atoms with Crippen LogP contribution in [0.5, 0.6) is 5.75 Å². The van der Waals surface area contributed by atoms with E-state index < -0.39 is 0 Å². The molecule has 1 heterocycles. The molecule has 1 aliphatic rings. The van der Waals surface area contributed by atoms with E-state index in [0.29, 0.717) is 6.10 Å². The first-order valence-electron chi connectivity index (χ1n) is 7.03. The number of carbonyl (C=O) groups is 1. The van der Waals surface area contributed by atoms with Crippen LogP contribution in [-0.2, 0) is 4.79 Å². The molecule has 1 amide bonds. The zero-order valence-electron chi connectivity index (χ0n) is 12.3. The van der Waals surface area contributed by atoms with Gasteiger partial charge in [0.05, 0.1) is 12.8 Å². The molecule has 1 aromatic rings. The minimum absolute atomic E-state index is 0.151. The molecule has 21 heavy (non-hydrogen) atoms. The molecule has 0 aliphatic carbocycles. The lowest BCUT2D eigenvalue weighted by Gasteiger charge is -2.25.